The number of nitrogens with zero attached hydrogens (tertiary/aromatic N) is 1. The third-order valence-corrected chi connectivity index (χ3v) is 5.42. The molecule has 0 aliphatic rings. The minimum absolute atomic E-state index is 0.206. The molecule has 0 bridgehead atoms. The van der Waals surface area contributed by atoms with E-state index in [0.717, 1.165) is 12.7 Å². The zero-order valence-corrected chi connectivity index (χ0v) is 17.1. The van der Waals surface area contributed by atoms with Crippen molar-refractivity contribution in [2.24, 2.45) is 5.92 Å². The Balaban J connectivity index is 3.52. The van der Waals surface area contributed by atoms with E-state index in [9.17, 15) is 22.8 Å². The lowest BCUT2D eigenvalue weighted by atomic mass is 10.0. The number of aldehydes is 1. The van der Waals surface area contributed by atoms with E-state index in [2.05, 4.69) is 4.74 Å². The summed E-state index contributed by atoms with van der Waals surface area (Å²) in [4.78, 5) is 36.0. The van der Waals surface area contributed by atoms with Gasteiger partial charge in [0.2, 0.25) is 0 Å². The molecule has 0 aromatic heterocycles. The Kier molecular flexibility index (Phi) is 7.13. The fourth-order valence-electron chi connectivity index (χ4n) is 2.21. The second kappa shape index (κ2) is 8.51. The molecule has 0 saturated carbocycles. The quantitative estimate of drug-likeness (QED) is 0.533. The van der Waals surface area contributed by atoms with Crippen LogP contribution in [-0.2, 0) is 29.1 Å². The molecule has 1 amide bonds. The van der Waals surface area contributed by atoms with Gasteiger partial charge in [-0.25, -0.2) is 13.2 Å². The van der Waals surface area contributed by atoms with E-state index in [1.165, 1.54) is 19.1 Å². The first-order chi connectivity index (χ1) is 12.3. The van der Waals surface area contributed by atoms with Crippen molar-refractivity contribution in [3.8, 4) is 0 Å². The number of carbonyl (C=O) groups is 3. The smallest absolute Gasteiger partial charge is 0.425 e. The number of ether oxygens (including phenoxy) is 2. The molecule has 0 N–H and O–H groups in total. The summed E-state index contributed by atoms with van der Waals surface area (Å²) in [7, 11) is -3.36. The Morgan fingerprint density at radius 3 is 2.07 bits per heavy atom. The molecule has 8 nitrogen and oxygen atoms in total. The van der Waals surface area contributed by atoms with Crippen LogP contribution in [0.2, 0.25) is 0 Å². The average Bonchev–Trinajstić information content (AvgIpc) is 2.56. The van der Waals surface area contributed by atoms with Crippen molar-refractivity contribution >= 4 is 28.4 Å². The molecule has 1 aromatic carbocycles. The molecule has 2 atom stereocenters. The van der Waals surface area contributed by atoms with E-state index < -0.39 is 39.6 Å². The van der Waals surface area contributed by atoms with Crippen molar-refractivity contribution in [3.05, 3.63) is 29.8 Å². The zero-order chi connectivity index (χ0) is 21.0. The summed E-state index contributed by atoms with van der Waals surface area (Å²) in [6.07, 6.45) is -1.03. The molecule has 9 heteroatoms. The lowest BCUT2D eigenvalue weighted by Crippen LogP contribution is -2.51. The highest BCUT2D eigenvalue weighted by Crippen LogP contribution is 2.25. The Bertz CT molecular complexity index is 794. The number of hydrogen-bond donors (Lipinski definition) is 0. The lowest BCUT2D eigenvalue weighted by molar-refractivity contribution is -0.147. The molecule has 27 heavy (non-hydrogen) atoms. The van der Waals surface area contributed by atoms with Crippen LogP contribution in [0.4, 0.5) is 4.79 Å². The molecule has 0 aliphatic heterocycles. The van der Waals surface area contributed by atoms with E-state index in [0.29, 0.717) is 4.31 Å². The molecule has 1 aromatic rings. The highest BCUT2D eigenvalue weighted by Gasteiger charge is 2.43. The first kappa shape index (κ1) is 22.6. The third kappa shape index (κ3) is 5.53. The van der Waals surface area contributed by atoms with Crippen molar-refractivity contribution in [2.75, 3.05) is 7.11 Å². The summed E-state index contributed by atoms with van der Waals surface area (Å²) in [5.74, 6) is -2.06. The number of aryl methyl sites for hydroxylation is 1. The van der Waals surface area contributed by atoms with Crippen LogP contribution in [0.15, 0.2) is 29.2 Å². The molecular weight excluding hydrogens is 374 g/mol. The van der Waals surface area contributed by atoms with Crippen molar-refractivity contribution in [3.63, 3.8) is 0 Å². The van der Waals surface area contributed by atoms with Crippen LogP contribution in [-0.4, -0.2) is 49.8 Å². The summed E-state index contributed by atoms with van der Waals surface area (Å²) >= 11 is 0. The zero-order valence-electron chi connectivity index (χ0n) is 16.3. The van der Waals surface area contributed by atoms with Crippen LogP contribution in [0.25, 0.3) is 0 Å². The second-order valence-corrected chi connectivity index (χ2v) is 8.85. The van der Waals surface area contributed by atoms with Gasteiger partial charge in [-0.3, -0.25) is 4.79 Å². The van der Waals surface area contributed by atoms with Crippen LogP contribution in [0.1, 0.15) is 33.3 Å². The van der Waals surface area contributed by atoms with Crippen LogP contribution < -0.4 is 0 Å². The minimum atomic E-state index is -4.47. The maximum atomic E-state index is 13.1. The standard InChI is InChI=1S/C18H25NO7S/c1-12-7-9-14(10-8-12)27(23,24)19(17(22)26-18(3,4)5)15(11-20)13(2)16(21)25-6/h7-11,13,15H,1-6H3/t13-,15-/m0/s1. The van der Waals surface area contributed by atoms with Crippen molar-refractivity contribution < 1.29 is 32.3 Å². The molecule has 0 saturated heterocycles. The van der Waals surface area contributed by atoms with Gasteiger partial charge in [0.15, 0.2) is 0 Å². The van der Waals surface area contributed by atoms with Gasteiger partial charge in [0.25, 0.3) is 10.0 Å². The Morgan fingerprint density at radius 1 is 1.15 bits per heavy atom. The largest absolute Gasteiger partial charge is 0.469 e. The minimum Gasteiger partial charge on any atom is -0.469 e. The molecule has 0 fully saturated rings. The predicted octanol–water partition coefficient (Wildman–Crippen LogP) is 2.30. The Hall–Kier alpha value is -2.42. The molecule has 150 valence electrons. The first-order valence-corrected chi connectivity index (χ1v) is 9.66. The molecular formula is C18H25NO7S. The maximum Gasteiger partial charge on any atom is 0.425 e. The number of esters is 1. The SMILES string of the molecule is COC(=O)[C@@H](C)[C@H](C=O)N(C(=O)OC(C)(C)C)S(=O)(=O)c1ccc(C)cc1. The fraction of sp³-hybridized carbons (Fsp3) is 0.500. The summed E-state index contributed by atoms with van der Waals surface area (Å²) in [6.45, 7) is 7.74. The highest BCUT2D eigenvalue weighted by atomic mass is 32.2. The van der Waals surface area contributed by atoms with E-state index in [4.69, 9.17) is 4.74 Å². The number of hydrogen-bond acceptors (Lipinski definition) is 7. The normalized spacial score (nSPS) is 14.0. The molecule has 0 heterocycles. The van der Waals surface area contributed by atoms with Gasteiger partial charge >= 0.3 is 12.1 Å². The van der Waals surface area contributed by atoms with E-state index in [-0.39, 0.29) is 11.2 Å². The van der Waals surface area contributed by atoms with Crippen LogP contribution in [0.3, 0.4) is 0 Å². The average molecular weight is 399 g/mol. The topological polar surface area (TPSA) is 107 Å². The second-order valence-electron chi connectivity index (χ2n) is 7.03. The molecule has 1 rings (SSSR count). The van der Waals surface area contributed by atoms with Gasteiger partial charge in [0.05, 0.1) is 17.9 Å². The summed E-state index contributed by atoms with van der Waals surface area (Å²) in [5.41, 5.74) is -0.201. The van der Waals surface area contributed by atoms with E-state index >= 15 is 0 Å². The lowest BCUT2D eigenvalue weighted by Gasteiger charge is -2.32. The predicted molar refractivity (Wildman–Crippen MR) is 97.5 cm³/mol. The maximum absolute atomic E-state index is 13.1. The number of carbonyl (C=O) groups excluding carboxylic acids is 3. The Labute approximate surface area is 159 Å². The monoisotopic (exact) mass is 399 g/mol. The van der Waals surface area contributed by atoms with Gasteiger partial charge in [0, 0.05) is 0 Å². The van der Waals surface area contributed by atoms with E-state index in [1.807, 2.05) is 0 Å². The van der Waals surface area contributed by atoms with Crippen LogP contribution in [0, 0.1) is 12.8 Å². The molecule has 0 unspecified atom stereocenters. The highest BCUT2D eigenvalue weighted by molar-refractivity contribution is 7.89. The molecule has 0 aliphatic carbocycles. The number of benzene rings is 1. The van der Waals surface area contributed by atoms with E-state index in [1.54, 1.807) is 39.8 Å². The number of rotatable bonds is 6. The van der Waals surface area contributed by atoms with Crippen molar-refractivity contribution in [1.29, 1.82) is 0 Å². The van der Waals surface area contributed by atoms with Crippen molar-refractivity contribution in [2.45, 2.75) is 51.2 Å². The number of sulfonamides is 1. The van der Waals surface area contributed by atoms with Crippen molar-refractivity contribution in [1.82, 2.24) is 4.31 Å². The van der Waals surface area contributed by atoms with Crippen LogP contribution >= 0.6 is 0 Å². The summed E-state index contributed by atoms with van der Waals surface area (Å²) in [5, 5.41) is 0. The van der Waals surface area contributed by atoms with Gasteiger partial charge < -0.3 is 14.3 Å². The summed E-state index contributed by atoms with van der Waals surface area (Å²) < 4.78 is 36.3. The Morgan fingerprint density at radius 2 is 1.67 bits per heavy atom. The van der Waals surface area contributed by atoms with Gasteiger partial charge in [0.1, 0.15) is 17.9 Å². The van der Waals surface area contributed by atoms with Gasteiger partial charge in [-0.15, -0.1) is 0 Å². The van der Waals surface area contributed by atoms with Gasteiger partial charge in [-0.05, 0) is 46.8 Å². The van der Waals surface area contributed by atoms with Gasteiger partial charge in [-0.1, -0.05) is 17.7 Å². The summed E-state index contributed by atoms with van der Waals surface area (Å²) in [6, 6.07) is 4.11. The third-order valence-electron chi connectivity index (χ3n) is 3.65. The van der Waals surface area contributed by atoms with Gasteiger partial charge in [-0.2, -0.15) is 4.31 Å². The molecule has 0 spiro atoms. The number of methoxy groups -OCH3 is 1. The van der Waals surface area contributed by atoms with Crippen LogP contribution in [0.5, 0.6) is 0 Å². The number of amides is 1. The first-order valence-electron chi connectivity index (χ1n) is 8.22. The fourth-order valence-corrected chi connectivity index (χ4v) is 3.71. The molecule has 0 radical (unpaired) electrons.